The molecule has 1 saturated heterocycles. The number of fused-ring (bicyclic) bond motifs is 2. The smallest absolute Gasteiger partial charge is 0.321 e. The molecular formula is C26H28N4O2. The molecule has 0 unspecified atom stereocenters. The van der Waals surface area contributed by atoms with Gasteiger partial charge in [0.2, 0.25) is 0 Å². The third kappa shape index (κ3) is 4.13. The second-order valence-electron chi connectivity index (χ2n) is 8.53. The van der Waals surface area contributed by atoms with Crippen molar-refractivity contribution >= 4 is 29.0 Å². The number of nitrogens with one attached hydrogen (secondary N) is 1. The van der Waals surface area contributed by atoms with E-state index in [4.69, 9.17) is 0 Å². The first-order valence-corrected chi connectivity index (χ1v) is 11.4. The van der Waals surface area contributed by atoms with Gasteiger partial charge in [-0.1, -0.05) is 24.3 Å². The topological polar surface area (TPSA) is 57.6 Å². The second-order valence-corrected chi connectivity index (χ2v) is 8.53. The summed E-state index contributed by atoms with van der Waals surface area (Å²) in [7, 11) is 0. The van der Waals surface area contributed by atoms with Crippen LogP contribution in [0.15, 0.2) is 67.0 Å². The molecule has 2 aromatic carbocycles. The Kier molecular flexibility index (Phi) is 5.67. The second kappa shape index (κ2) is 8.91. The molecule has 0 radical (unpaired) electrons. The Morgan fingerprint density at radius 2 is 1.53 bits per heavy atom. The summed E-state index contributed by atoms with van der Waals surface area (Å²) >= 11 is 0. The van der Waals surface area contributed by atoms with Crippen LogP contribution >= 0.6 is 0 Å². The van der Waals surface area contributed by atoms with Crippen LogP contribution in [0.4, 0.5) is 21.9 Å². The Hall–Kier alpha value is -3.54. The zero-order valence-electron chi connectivity index (χ0n) is 18.2. The Labute approximate surface area is 188 Å². The molecule has 3 heterocycles. The first-order chi connectivity index (χ1) is 15.7. The van der Waals surface area contributed by atoms with Crippen molar-refractivity contribution in [2.45, 2.75) is 38.6 Å². The van der Waals surface area contributed by atoms with Crippen molar-refractivity contribution in [3.05, 3.63) is 78.1 Å². The van der Waals surface area contributed by atoms with Gasteiger partial charge in [-0.15, -0.1) is 0 Å². The van der Waals surface area contributed by atoms with Crippen LogP contribution in [0, 0.1) is 0 Å². The molecule has 0 aliphatic carbocycles. The van der Waals surface area contributed by atoms with E-state index in [1.807, 2.05) is 75.3 Å². The zero-order valence-corrected chi connectivity index (χ0v) is 18.2. The van der Waals surface area contributed by atoms with Gasteiger partial charge in [0, 0.05) is 31.2 Å². The fraction of sp³-hybridized carbons (Fsp3) is 0.308. The van der Waals surface area contributed by atoms with Crippen LogP contribution in [0.1, 0.15) is 30.4 Å². The fourth-order valence-corrected chi connectivity index (χ4v) is 4.67. The molecule has 1 N–H and O–H groups in total. The van der Waals surface area contributed by atoms with Crippen LogP contribution in [0.25, 0.3) is 0 Å². The average molecular weight is 429 g/mol. The summed E-state index contributed by atoms with van der Waals surface area (Å²) in [5, 5.41) is 3.05. The summed E-state index contributed by atoms with van der Waals surface area (Å²) in [5.41, 5.74) is 4.76. The number of nitrogens with zero attached hydrogens (tertiary/aromatic N) is 3. The van der Waals surface area contributed by atoms with Gasteiger partial charge in [-0.2, -0.15) is 0 Å². The van der Waals surface area contributed by atoms with Crippen molar-refractivity contribution in [2.24, 2.45) is 0 Å². The minimum Gasteiger partial charge on any atom is -0.345 e. The SMILES string of the molecule is O=C(Nc1ccc2c(c1)N(C(=O)Cn1cccc1)c1ccccc1CC2)N1CCCCC1. The molecule has 32 heavy (non-hydrogen) atoms. The quantitative estimate of drug-likeness (QED) is 0.640. The number of aromatic nitrogens is 1. The molecule has 2 aliphatic heterocycles. The van der Waals surface area contributed by atoms with E-state index in [0.717, 1.165) is 67.0 Å². The van der Waals surface area contributed by atoms with E-state index in [0.29, 0.717) is 0 Å². The average Bonchev–Trinajstić information content (AvgIpc) is 3.27. The van der Waals surface area contributed by atoms with Gasteiger partial charge in [0.1, 0.15) is 6.54 Å². The highest BCUT2D eigenvalue weighted by Crippen LogP contribution is 2.38. The number of anilines is 3. The lowest BCUT2D eigenvalue weighted by Gasteiger charge is -2.28. The lowest BCUT2D eigenvalue weighted by Crippen LogP contribution is -2.38. The molecule has 6 heteroatoms. The summed E-state index contributed by atoms with van der Waals surface area (Å²) in [5.74, 6) is -0.00342. The van der Waals surface area contributed by atoms with E-state index in [1.165, 1.54) is 6.42 Å². The summed E-state index contributed by atoms with van der Waals surface area (Å²) in [6.45, 7) is 1.85. The maximum Gasteiger partial charge on any atom is 0.321 e. The third-order valence-electron chi connectivity index (χ3n) is 6.35. The molecule has 6 nitrogen and oxygen atoms in total. The number of hydrogen-bond acceptors (Lipinski definition) is 2. The predicted octanol–water partition coefficient (Wildman–Crippen LogP) is 4.97. The van der Waals surface area contributed by atoms with Gasteiger partial charge in [-0.3, -0.25) is 9.69 Å². The molecule has 164 valence electrons. The van der Waals surface area contributed by atoms with Gasteiger partial charge in [-0.05, 0) is 73.6 Å². The maximum absolute atomic E-state index is 13.5. The minimum atomic E-state index is -0.0658. The standard InChI is InChI=1S/C26H28N4O2/c31-25(19-28-14-6-7-15-28)30-23-9-3-2-8-20(23)10-11-21-12-13-22(18-24(21)30)27-26(32)29-16-4-1-5-17-29/h2-3,6-9,12-15,18H,1,4-5,10-11,16-17,19H2,(H,27,32). The molecule has 1 aromatic heterocycles. The van der Waals surface area contributed by atoms with Crippen LogP contribution in [-0.4, -0.2) is 34.5 Å². The van der Waals surface area contributed by atoms with Crippen molar-refractivity contribution < 1.29 is 9.59 Å². The van der Waals surface area contributed by atoms with E-state index in [-0.39, 0.29) is 18.5 Å². The first kappa shape index (κ1) is 20.4. The molecule has 0 atom stereocenters. The van der Waals surface area contributed by atoms with Gasteiger partial charge >= 0.3 is 6.03 Å². The normalized spacial score (nSPS) is 15.5. The van der Waals surface area contributed by atoms with E-state index in [1.54, 1.807) is 0 Å². The highest BCUT2D eigenvalue weighted by molar-refractivity contribution is 6.03. The highest BCUT2D eigenvalue weighted by atomic mass is 16.2. The summed E-state index contributed by atoms with van der Waals surface area (Å²) in [4.78, 5) is 30.0. The molecule has 2 aliphatic rings. The number of piperidine rings is 1. The summed E-state index contributed by atoms with van der Waals surface area (Å²) < 4.78 is 1.89. The molecule has 3 aromatic rings. The largest absolute Gasteiger partial charge is 0.345 e. The number of para-hydroxylation sites is 1. The molecule has 5 rings (SSSR count). The number of rotatable bonds is 3. The van der Waals surface area contributed by atoms with Gasteiger partial charge in [0.15, 0.2) is 0 Å². The van der Waals surface area contributed by atoms with Gasteiger partial charge < -0.3 is 14.8 Å². The Morgan fingerprint density at radius 1 is 0.812 bits per heavy atom. The number of urea groups is 1. The first-order valence-electron chi connectivity index (χ1n) is 11.4. The van der Waals surface area contributed by atoms with E-state index in [9.17, 15) is 9.59 Å². The fourth-order valence-electron chi connectivity index (χ4n) is 4.67. The Bertz CT molecular complexity index is 1120. The lowest BCUT2D eigenvalue weighted by molar-refractivity contribution is -0.118. The van der Waals surface area contributed by atoms with E-state index in [2.05, 4.69) is 11.4 Å². The van der Waals surface area contributed by atoms with Crippen molar-refractivity contribution in [3.63, 3.8) is 0 Å². The Morgan fingerprint density at radius 3 is 2.31 bits per heavy atom. The number of amides is 3. The Balaban J connectivity index is 1.49. The monoisotopic (exact) mass is 428 g/mol. The summed E-state index contributed by atoms with van der Waals surface area (Å²) in [6, 6.07) is 17.8. The van der Waals surface area contributed by atoms with Crippen LogP contribution in [0.5, 0.6) is 0 Å². The van der Waals surface area contributed by atoms with Crippen molar-refractivity contribution in [2.75, 3.05) is 23.3 Å². The van der Waals surface area contributed by atoms with Gasteiger partial charge in [-0.25, -0.2) is 4.79 Å². The van der Waals surface area contributed by atoms with Crippen molar-refractivity contribution in [1.82, 2.24) is 9.47 Å². The minimum absolute atomic E-state index is 0.00342. The van der Waals surface area contributed by atoms with Crippen molar-refractivity contribution in [3.8, 4) is 0 Å². The van der Waals surface area contributed by atoms with Crippen LogP contribution in [0.3, 0.4) is 0 Å². The number of hydrogen-bond donors (Lipinski definition) is 1. The molecular weight excluding hydrogens is 400 g/mol. The number of carbonyl (C=O) groups is 2. The summed E-state index contributed by atoms with van der Waals surface area (Å²) in [6.07, 6.45) is 8.80. The maximum atomic E-state index is 13.5. The molecule has 0 bridgehead atoms. The van der Waals surface area contributed by atoms with Gasteiger partial charge in [0.25, 0.3) is 5.91 Å². The lowest BCUT2D eigenvalue weighted by atomic mass is 10.0. The molecule has 3 amide bonds. The van der Waals surface area contributed by atoms with Crippen molar-refractivity contribution in [1.29, 1.82) is 0 Å². The number of carbonyl (C=O) groups excluding carboxylic acids is 2. The predicted molar refractivity (Wildman–Crippen MR) is 126 cm³/mol. The number of aryl methyl sites for hydroxylation is 2. The molecule has 0 saturated carbocycles. The van der Waals surface area contributed by atoms with Crippen LogP contribution in [0.2, 0.25) is 0 Å². The van der Waals surface area contributed by atoms with Gasteiger partial charge in [0.05, 0.1) is 11.4 Å². The highest BCUT2D eigenvalue weighted by Gasteiger charge is 2.26. The molecule has 1 fully saturated rings. The van der Waals surface area contributed by atoms with Crippen LogP contribution in [-0.2, 0) is 24.2 Å². The van der Waals surface area contributed by atoms with E-state index >= 15 is 0 Å². The van der Waals surface area contributed by atoms with Crippen LogP contribution < -0.4 is 10.2 Å². The number of likely N-dealkylation sites (tertiary alicyclic amines) is 1. The van der Waals surface area contributed by atoms with E-state index < -0.39 is 0 Å². The number of benzene rings is 2. The third-order valence-corrected chi connectivity index (χ3v) is 6.35. The molecule has 0 spiro atoms. The zero-order chi connectivity index (χ0) is 21.9.